The van der Waals surface area contributed by atoms with Crippen molar-refractivity contribution in [3.63, 3.8) is 0 Å². The molecule has 0 saturated carbocycles. The van der Waals surface area contributed by atoms with E-state index in [0.29, 0.717) is 5.17 Å². The molecule has 1 amide bonds. The minimum atomic E-state index is -0.592. The highest BCUT2D eigenvalue weighted by atomic mass is 79.9. The zero-order valence-electron chi connectivity index (χ0n) is 10.9. The fourth-order valence-corrected chi connectivity index (χ4v) is 2.49. The van der Waals surface area contributed by atoms with E-state index in [1.807, 2.05) is 24.3 Å². The second-order valence-corrected chi connectivity index (χ2v) is 5.64. The fourth-order valence-electron chi connectivity index (χ4n) is 1.36. The van der Waals surface area contributed by atoms with Gasteiger partial charge in [0.25, 0.3) is 5.91 Å². The number of hydrogen-bond donors (Lipinski definition) is 1. The van der Waals surface area contributed by atoms with Gasteiger partial charge in [0.05, 0.1) is 18.2 Å². The minimum absolute atomic E-state index is 0.219. The normalized spacial score (nSPS) is 18.5. The summed E-state index contributed by atoms with van der Waals surface area (Å²) in [5.74, 6) is -0.995. The molecule has 1 saturated heterocycles. The molecular formula is C13H10BrN3O3S. The molecule has 1 aliphatic rings. The lowest BCUT2D eigenvalue weighted by Gasteiger charge is -1.94. The Morgan fingerprint density at radius 2 is 2.19 bits per heavy atom. The molecule has 1 aliphatic heterocycles. The maximum atomic E-state index is 11.6. The lowest BCUT2D eigenvalue weighted by Crippen LogP contribution is -2.19. The summed E-state index contributed by atoms with van der Waals surface area (Å²) in [6, 6.07) is 7.53. The Hall–Kier alpha value is -1.93. The zero-order chi connectivity index (χ0) is 15.2. The first-order valence-corrected chi connectivity index (χ1v) is 7.35. The van der Waals surface area contributed by atoms with Crippen molar-refractivity contribution >= 4 is 51.0 Å². The molecule has 21 heavy (non-hydrogen) atoms. The van der Waals surface area contributed by atoms with Gasteiger partial charge in [-0.25, -0.2) is 4.79 Å². The van der Waals surface area contributed by atoms with Gasteiger partial charge in [-0.05, 0) is 17.8 Å². The molecule has 1 N–H and O–H groups in total. The number of rotatable bonds is 3. The number of ether oxygens (including phenoxy) is 1. The first-order chi connectivity index (χ1) is 10.1. The number of amidine groups is 1. The number of esters is 1. The summed E-state index contributed by atoms with van der Waals surface area (Å²) in [6.07, 6.45) is 2.67. The number of benzene rings is 1. The number of methoxy groups -OCH3 is 1. The van der Waals surface area contributed by atoms with Gasteiger partial charge in [0.1, 0.15) is 0 Å². The van der Waals surface area contributed by atoms with Gasteiger partial charge in [0, 0.05) is 16.1 Å². The van der Waals surface area contributed by atoms with Crippen molar-refractivity contribution < 1.29 is 14.3 Å². The number of thioether (sulfide) groups is 1. The molecule has 1 heterocycles. The number of halogens is 1. The van der Waals surface area contributed by atoms with Crippen LogP contribution in [0.2, 0.25) is 0 Å². The number of carbonyl (C=O) groups is 2. The Morgan fingerprint density at radius 3 is 2.90 bits per heavy atom. The van der Waals surface area contributed by atoms with E-state index in [4.69, 9.17) is 0 Å². The molecular weight excluding hydrogens is 358 g/mol. The summed E-state index contributed by atoms with van der Waals surface area (Å²) in [7, 11) is 1.24. The summed E-state index contributed by atoms with van der Waals surface area (Å²) >= 11 is 4.41. The molecule has 8 heteroatoms. The van der Waals surface area contributed by atoms with Gasteiger partial charge in [-0.1, -0.05) is 34.1 Å². The van der Waals surface area contributed by atoms with Crippen molar-refractivity contribution in [2.45, 2.75) is 0 Å². The molecule has 1 aromatic carbocycles. The molecule has 1 fully saturated rings. The van der Waals surface area contributed by atoms with Crippen LogP contribution in [0.1, 0.15) is 5.56 Å². The number of nitrogens with one attached hydrogen (secondary N) is 1. The van der Waals surface area contributed by atoms with Crippen molar-refractivity contribution in [1.29, 1.82) is 0 Å². The quantitative estimate of drug-likeness (QED) is 0.383. The lowest BCUT2D eigenvalue weighted by atomic mass is 10.2. The van der Waals surface area contributed by atoms with Gasteiger partial charge >= 0.3 is 5.97 Å². The van der Waals surface area contributed by atoms with Crippen LogP contribution in [0.5, 0.6) is 0 Å². The molecule has 1 aromatic rings. The predicted molar refractivity (Wildman–Crippen MR) is 85.0 cm³/mol. The summed E-state index contributed by atoms with van der Waals surface area (Å²) in [5.41, 5.74) is 0.862. The Labute approximate surface area is 133 Å². The van der Waals surface area contributed by atoms with Gasteiger partial charge in [-0.15, -0.1) is 5.10 Å². The van der Waals surface area contributed by atoms with E-state index in [1.165, 1.54) is 7.11 Å². The van der Waals surface area contributed by atoms with Crippen molar-refractivity contribution in [2.75, 3.05) is 7.11 Å². The lowest BCUT2D eigenvalue weighted by molar-refractivity contribution is -0.135. The van der Waals surface area contributed by atoms with Crippen molar-refractivity contribution in [3.05, 3.63) is 45.3 Å². The first kappa shape index (κ1) is 15.5. The highest BCUT2D eigenvalue weighted by Gasteiger charge is 2.24. The predicted octanol–water partition coefficient (Wildman–Crippen LogP) is 2.06. The molecule has 0 aromatic heterocycles. The molecule has 108 valence electrons. The van der Waals surface area contributed by atoms with Crippen LogP contribution in [0.15, 0.2) is 49.9 Å². The minimum Gasteiger partial charge on any atom is -0.466 e. The second kappa shape index (κ2) is 7.19. The monoisotopic (exact) mass is 367 g/mol. The van der Waals surface area contributed by atoms with E-state index in [9.17, 15) is 9.59 Å². The summed E-state index contributed by atoms with van der Waals surface area (Å²) in [5, 5.41) is 10.6. The summed E-state index contributed by atoms with van der Waals surface area (Å²) in [6.45, 7) is 0. The van der Waals surface area contributed by atoms with Gasteiger partial charge in [0.2, 0.25) is 0 Å². The van der Waals surface area contributed by atoms with Crippen LogP contribution in [-0.4, -0.2) is 30.4 Å². The van der Waals surface area contributed by atoms with Crippen LogP contribution in [0.4, 0.5) is 0 Å². The smallest absolute Gasteiger partial charge is 0.331 e. The number of nitrogens with zero attached hydrogens (tertiary/aromatic N) is 2. The molecule has 6 nitrogen and oxygen atoms in total. The third-order valence-electron chi connectivity index (χ3n) is 2.35. The number of amides is 1. The first-order valence-electron chi connectivity index (χ1n) is 5.74. The molecule has 0 spiro atoms. The van der Waals surface area contributed by atoms with Crippen LogP contribution in [-0.2, 0) is 14.3 Å². The van der Waals surface area contributed by atoms with Crippen molar-refractivity contribution in [2.24, 2.45) is 10.2 Å². The maximum Gasteiger partial charge on any atom is 0.331 e. The van der Waals surface area contributed by atoms with Gasteiger partial charge < -0.3 is 4.74 Å². The van der Waals surface area contributed by atoms with Gasteiger partial charge in [-0.2, -0.15) is 5.10 Å². The van der Waals surface area contributed by atoms with Crippen molar-refractivity contribution in [1.82, 2.24) is 5.32 Å². The fraction of sp³-hybridized carbons (Fsp3) is 0.0769. The van der Waals surface area contributed by atoms with E-state index in [0.717, 1.165) is 27.9 Å². The highest BCUT2D eigenvalue weighted by molar-refractivity contribution is 9.10. The highest BCUT2D eigenvalue weighted by Crippen LogP contribution is 2.23. The number of carbonyl (C=O) groups excluding carboxylic acids is 2. The topological polar surface area (TPSA) is 80.1 Å². The van der Waals surface area contributed by atoms with E-state index in [1.54, 1.807) is 6.21 Å². The van der Waals surface area contributed by atoms with Crippen LogP contribution >= 0.6 is 27.7 Å². The van der Waals surface area contributed by atoms with E-state index >= 15 is 0 Å². The molecule has 0 atom stereocenters. The standard InChI is InChI=1S/C13H10BrN3O3S/c1-20-11(18)6-10-12(19)16-13(21-10)17-15-7-8-4-2-3-5-9(8)14/h2-7H,1H3,(H,16,17,19)/b10-6-,15-7+. The average Bonchev–Trinajstić information content (AvgIpc) is 2.81. The van der Waals surface area contributed by atoms with E-state index in [-0.39, 0.29) is 4.91 Å². The Bertz CT molecular complexity index is 670. The Kier molecular flexibility index (Phi) is 5.29. The second-order valence-electron chi connectivity index (χ2n) is 3.76. The van der Waals surface area contributed by atoms with Crippen LogP contribution in [0.3, 0.4) is 0 Å². The van der Waals surface area contributed by atoms with Crippen LogP contribution < -0.4 is 5.32 Å². The summed E-state index contributed by atoms with van der Waals surface area (Å²) < 4.78 is 5.36. The largest absolute Gasteiger partial charge is 0.466 e. The third kappa shape index (κ3) is 4.27. The van der Waals surface area contributed by atoms with Gasteiger partial charge in [-0.3, -0.25) is 10.1 Å². The number of hydrogen-bond acceptors (Lipinski definition) is 6. The molecule has 0 radical (unpaired) electrons. The molecule has 0 bridgehead atoms. The molecule has 0 aliphatic carbocycles. The van der Waals surface area contributed by atoms with Gasteiger partial charge in [0.15, 0.2) is 5.17 Å². The third-order valence-corrected chi connectivity index (χ3v) is 3.97. The maximum absolute atomic E-state index is 11.6. The van der Waals surface area contributed by atoms with Crippen molar-refractivity contribution in [3.8, 4) is 0 Å². The van der Waals surface area contributed by atoms with Crippen LogP contribution in [0.25, 0.3) is 0 Å². The Balaban J connectivity index is 2.07. The Morgan fingerprint density at radius 1 is 1.43 bits per heavy atom. The van der Waals surface area contributed by atoms with E-state index in [2.05, 4.69) is 36.2 Å². The van der Waals surface area contributed by atoms with Crippen LogP contribution in [0, 0.1) is 0 Å². The molecule has 0 unspecified atom stereocenters. The summed E-state index contributed by atoms with van der Waals surface area (Å²) in [4.78, 5) is 22.9. The van der Waals surface area contributed by atoms with E-state index < -0.39 is 11.9 Å². The zero-order valence-corrected chi connectivity index (χ0v) is 13.3. The average molecular weight is 368 g/mol. The molecule has 2 rings (SSSR count). The SMILES string of the molecule is COC(=O)/C=C1\S/C(=N/N=C/c2ccccc2Br)NC1=O.